The summed E-state index contributed by atoms with van der Waals surface area (Å²) < 4.78 is 0. The Labute approximate surface area is 104 Å². The van der Waals surface area contributed by atoms with Crippen LogP contribution in [0.4, 0.5) is 10.7 Å². The predicted molar refractivity (Wildman–Crippen MR) is 68.7 cm³/mol. The van der Waals surface area contributed by atoms with Crippen molar-refractivity contribution in [1.82, 2.24) is 5.32 Å². The quantitative estimate of drug-likeness (QED) is 0.782. The summed E-state index contributed by atoms with van der Waals surface area (Å²) in [6.45, 7) is 6.13. The molecule has 3 N–H and O–H groups in total. The summed E-state index contributed by atoms with van der Waals surface area (Å²) in [5, 5.41) is 3.63. The Morgan fingerprint density at radius 3 is 2.76 bits per heavy atom. The maximum atomic E-state index is 11.9. The van der Waals surface area contributed by atoms with Gasteiger partial charge in [0, 0.05) is 13.5 Å². The van der Waals surface area contributed by atoms with Gasteiger partial charge in [-0.05, 0) is 13.8 Å². The van der Waals surface area contributed by atoms with Crippen LogP contribution >= 0.6 is 11.3 Å². The molecular formula is C11H15N3O2S. The standard InChI is InChI=1S/C11H15N3O2S/c1-4-14-6(3)13-10(16)7-8(12)9(5(2)15)17-11(7)14/h6H,4,12H2,1-3H3,(H,13,16). The van der Waals surface area contributed by atoms with Crippen LogP contribution in [0.3, 0.4) is 0 Å². The number of fused-ring (bicyclic) bond motifs is 1. The lowest BCUT2D eigenvalue weighted by Gasteiger charge is -2.34. The minimum absolute atomic E-state index is 0.0714. The van der Waals surface area contributed by atoms with Crippen molar-refractivity contribution in [3.63, 3.8) is 0 Å². The summed E-state index contributed by atoms with van der Waals surface area (Å²) in [4.78, 5) is 25.8. The number of anilines is 2. The number of nitrogens with zero attached hydrogens (tertiary/aromatic N) is 1. The molecule has 1 aromatic heterocycles. The van der Waals surface area contributed by atoms with Gasteiger partial charge >= 0.3 is 0 Å². The summed E-state index contributed by atoms with van der Waals surface area (Å²) in [6.07, 6.45) is -0.0714. The Morgan fingerprint density at radius 2 is 2.24 bits per heavy atom. The Hall–Kier alpha value is -1.56. The van der Waals surface area contributed by atoms with Gasteiger partial charge in [-0.3, -0.25) is 9.59 Å². The van der Waals surface area contributed by atoms with Gasteiger partial charge in [-0.25, -0.2) is 0 Å². The van der Waals surface area contributed by atoms with E-state index in [9.17, 15) is 9.59 Å². The molecule has 0 saturated heterocycles. The van der Waals surface area contributed by atoms with Crippen LogP contribution in [0.1, 0.15) is 40.8 Å². The lowest BCUT2D eigenvalue weighted by atomic mass is 10.1. The van der Waals surface area contributed by atoms with Gasteiger partial charge in [-0.2, -0.15) is 0 Å². The molecule has 5 nitrogen and oxygen atoms in total. The molecule has 1 aromatic rings. The summed E-state index contributed by atoms with van der Waals surface area (Å²) in [5.41, 5.74) is 6.63. The second kappa shape index (κ2) is 4.03. The summed E-state index contributed by atoms with van der Waals surface area (Å²) in [5.74, 6) is -0.295. The van der Waals surface area contributed by atoms with Crippen molar-refractivity contribution in [2.45, 2.75) is 26.9 Å². The van der Waals surface area contributed by atoms with Crippen LogP contribution in [0.5, 0.6) is 0 Å². The molecule has 0 aliphatic carbocycles. The highest BCUT2D eigenvalue weighted by molar-refractivity contribution is 7.19. The second-order valence-corrected chi connectivity index (χ2v) is 5.02. The Morgan fingerprint density at radius 1 is 1.59 bits per heavy atom. The first-order valence-electron chi connectivity index (χ1n) is 5.48. The van der Waals surface area contributed by atoms with Crippen LogP contribution in [0.15, 0.2) is 0 Å². The molecule has 1 atom stereocenters. The van der Waals surface area contributed by atoms with Crippen molar-refractivity contribution in [1.29, 1.82) is 0 Å². The largest absolute Gasteiger partial charge is 0.397 e. The van der Waals surface area contributed by atoms with Crippen molar-refractivity contribution >= 4 is 33.7 Å². The van der Waals surface area contributed by atoms with E-state index in [0.717, 1.165) is 11.5 Å². The molecule has 0 radical (unpaired) electrons. The third-order valence-corrected chi connectivity index (χ3v) is 4.23. The molecule has 0 aromatic carbocycles. The fraction of sp³-hybridized carbons (Fsp3) is 0.455. The molecule has 92 valence electrons. The minimum atomic E-state index is -0.196. The molecule has 0 fully saturated rings. The van der Waals surface area contributed by atoms with Crippen molar-refractivity contribution in [2.24, 2.45) is 0 Å². The van der Waals surface area contributed by atoms with Crippen LogP contribution in [-0.4, -0.2) is 24.4 Å². The molecular weight excluding hydrogens is 238 g/mol. The number of nitrogen functional groups attached to an aromatic ring is 1. The van der Waals surface area contributed by atoms with E-state index in [1.165, 1.54) is 18.3 Å². The number of thiophene rings is 1. The SMILES string of the molecule is CCN1c2sc(C(C)=O)c(N)c2C(=O)NC1C. The number of nitrogens with two attached hydrogens (primary N) is 1. The number of hydrogen-bond donors (Lipinski definition) is 2. The maximum absolute atomic E-state index is 11.9. The zero-order valence-electron chi connectivity index (χ0n) is 10.0. The van der Waals surface area contributed by atoms with Gasteiger partial charge in [0.2, 0.25) is 0 Å². The molecule has 1 unspecified atom stereocenters. The normalized spacial score (nSPS) is 18.9. The number of nitrogens with one attached hydrogen (secondary N) is 1. The van der Waals surface area contributed by atoms with Gasteiger partial charge in [0.05, 0.1) is 22.3 Å². The van der Waals surface area contributed by atoms with Crippen molar-refractivity contribution < 1.29 is 9.59 Å². The third kappa shape index (κ3) is 1.68. The topological polar surface area (TPSA) is 75.4 Å². The second-order valence-electron chi connectivity index (χ2n) is 4.02. The maximum Gasteiger partial charge on any atom is 0.258 e. The molecule has 1 aliphatic heterocycles. The van der Waals surface area contributed by atoms with Crippen LogP contribution in [0, 0.1) is 0 Å². The van der Waals surface area contributed by atoms with Crippen molar-refractivity contribution in [3.05, 3.63) is 10.4 Å². The van der Waals surface area contributed by atoms with Gasteiger partial charge in [0.25, 0.3) is 5.91 Å². The van der Waals surface area contributed by atoms with Gasteiger partial charge in [-0.1, -0.05) is 0 Å². The van der Waals surface area contributed by atoms with E-state index in [1.807, 2.05) is 18.7 Å². The average Bonchev–Trinajstić information content (AvgIpc) is 2.57. The lowest BCUT2D eigenvalue weighted by molar-refractivity contribution is 0.0933. The van der Waals surface area contributed by atoms with Crippen LogP contribution in [0.2, 0.25) is 0 Å². The lowest BCUT2D eigenvalue weighted by Crippen LogP contribution is -2.50. The number of ketones is 1. The van der Waals surface area contributed by atoms with Crippen LogP contribution in [-0.2, 0) is 0 Å². The summed E-state index contributed by atoms with van der Waals surface area (Å²) in [7, 11) is 0. The van der Waals surface area contributed by atoms with E-state index in [2.05, 4.69) is 5.32 Å². The molecule has 0 spiro atoms. The van der Waals surface area contributed by atoms with E-state index in [4.69, 9.17) is 5.73 Å². The van der Waals surface area contributed by atoms with Gasteiger partial charge in [-0.15, -0.1) is 11.3 Å². The number of hydrogen-bond acceptors (Lipinski definition) is 5. The zero-order chi connectivity index (χ0) is 12.7. The number of amides is 1. The molecule has 1 aliphatic rings. The Bertz CT molecular complexity index is 495. The minimum Gasteiger partial charge on any atom is -0.397 e. The van der Waals surface area contributed by atoms with Gasteiger partial charge in [0.1, 0.15) is 5.00 Å². The van der Waals surface area contributed by atoms with E-state index in [1.54, 1.807) is 0 Å². The van der Waals surface area contributed by atoms with E-state index < -0.39 is 0 Å². The molecule has 2 rings (SSSR count). The first kappa shape index (κ1) is 11.9. The monoisotopic (exact) mass is 253 g/mol. The third-order valence-electron chi connectivity index (χ3n) is 2.88. The number of rotatable bonds is 2. The Kier molecular flexibility index (Phi) is 2.82. The highest BCUT2D eigenvalue weighted by atomic mass is 32.1. The molecule has 1 amide bonds. The molecule has 0 saturated carbocycles. The number of carbonyl (C=O) groups is 2. The van der Waals surface area contributed by atoms with Gasteiger partial charge < -0.3 is 16.0 Å². The van der Waals surface area contributed by atoms with E-state index in [-0.39, 0.29) is 17.9 Å². The smallest absolute Gasteiger partial charge is 0.258 e. The highest BCUT2D eigenvalue weighted by Gasteiger charge is 2.33. The van der Waals surface area contributed by atoms with Crippen molar-refractivity contribution in [2.75, 3.05) is 17.2 Å². The first-order valence-corrected chi connectivity index (χ1v) is 6.29. The molecule has 6 heteroatoms. The Balaban J connectivity index is 2.62. The van der Waals surface area contributed by atoms with E-state index in [0.29, 0.717) is 16.1 Å². The predicted octanol–water partition coefficient (Wildman–Crippen LogP) is 1.45. The van der Waals surface area contributed by atoms with Crippen LogP contribution in [0.25, 0.3) is 0 Å². The van der Waals surface area contributed by atoms with Crippen molar-refractivity contribution in [3.8, 4) is 0 Å². The summed E-state index contributed by atoms with van der Waals surface area (Å²) >= 11 is 1.30. The van der Waals surface area contributed by atoms with Crippen LogP contribution < -0.4 is 16.0 Å². The molecule has 0 bridgehead atoms. The average molecular weight is 253 g/mol. The van der Waals surface area contributed by atoms with E-state index >= 15 is 0 Å². The zero-order valence-corrected chi connectivity index (χ0v) is 10.9. The fourth-order valence-electron chi connectivity index (χ4n) is 2.05. The number of carbonyl (C=O) groups excluding carboxylic acids is 2. The summed E-state index contributed by atoms with van der Waals surface area (Å²) in [6, 6.07) is 0. The fourth-order valence-corrected chi connectivity index (χ4v) is 3.31. The van der Waals surface area contributed by atoms with Gasteiger partial charge in [0.15, 0.2) is 5.78 Å². The first-order chi connectivity index (χ1) is 7.97. The molecule has 17 heavy (non-hydrogen) atoms. The number of Topliss-reactive ketones (excluding diaryl/α,β-unsaturated/α-hetero) is 1. The molecule has 2 heterocycles. The highest BCUT2D eigenvalue weighted by Crippen LogP contribution is 2.40.